The van der Waals surface area contributed by atoms with Crippen molar-refractivity contribution in [2.45, 2.75) is 26.0 Å². The minimum absolute atomic E-state index is 0.229. The summed E-state index contributed by atoms with van der Waals surface area (Å²) in [6.07, 6.45) is 0. The van der Waals surface area contributed by atoms with Crippen molar-refractivity contribution in [3.63, 3.8) is 0 Å². The average Bonchev–Trinajstić information content (AvgIpc) is 2.38. The SMILES string of the molecule is CCOC(=O)C(C)SC(=S)N(C)c1ccccc1C. The van der Waals surface area contributed by atoms with Gasteiger partial charge in [-0.15, -0.1) is 0 Å². The van der Waals surface area contributed by atoms with Crippen LogP contribution in [0.4, 0.5) is 5.69 Å². The Bertz CT molecular complexity index is 463. The topological polar surface area (TPSA) is 29.5 Å². The summed E-state index contributed by atoms with van der Waals surface area (Å²) < 4.78 is 5.64. The number of ether oxygens (including phenoxy) is 1. The highest BCUT2D eigenvalue weighted by molar-refractivity contribution is 8.24. The van der Waals surface area contributed by atoms with E-state index in [1.165, 1.54) is 11.8 Å². The summed E-state index contributed by atoms with van der Waals surface area (Å²) in [5.74, 6) is -0.229. The van der Waals surface area contributed by atoms with Gasteiger partial charge in [0.05, 0.1) is 6.61 Å². The number of carbonyl (C=O) groups excluding carboxylic acids is 1. The number of anilines is 1. The highest BCUT2D eigenvalue weighted by atomic mass is 32.2. The summed E-state index contributed by atoms with van der Waals surface area (Å²) in [6, 6.07) is 8.01. The molecule has 0 aromatic heterocycles. The minimum atomic E-state index is -0.293. The van der Waals surface area contributed by atoms with E-state index in [1.54, 1.807) is 13.8 Å². The standard InChI is InChI=1S/C14H19NO2S2/c1-5-17-13(16)11(3)19-14(18)15(4)12-9-7-6-8-10(12)2/h6-9,11H,5H2,1-4H3. The lowest BCUT2D eigenvalue weighted by Gasteiger charge is -2.23. The van der Waals surface area contributed by atoms with Crippen LogP contribution in [-0.2, 0) is 9.53 Å². The van der Waals surface area contributed by atoms with Gasteiger partial charge in [-0.3, -0.25) is 4.79 Å². The molecule has 0 bridgehead atoms. The zero-order valence-corrected chi connectivity index (χ0v) is 13.3. The number of hydrogen-bond donors (Lipinski definition) is 0. The van der Waals surface area contributed by atoms with Crippen LogP contribution in [-0.4, -0.2) is 29.2 Å². The lowest BCUT2D eigenvalue weighted by Crippen LogP contribution is -2.27. The van der Waals surface area contributed by atoms with Crippen molar-refractivity contribution in [3.05, 3.63) is 29.8 Å². The molecule has 19 heavy (non-hydrogen) atoms. The molecule has 104 valence electrons. The number of rotatable bonds is 4. The second-order valence-electron chi connectivity index (χ2n) is 4.12. The van der Waals surface area contributed by atoms with Gasteiger partial charge in [-0.1, -0.05) is 42.2 Å². The Kier molecular flexibility index (Phi) is 6.31. The van der Waals surface area contributed by atoms with Crippen molar-refractivity contribution < 1.29 is 9.53 Å². The third-order valence-corrected chi connectivity index (χ3v) is 4.23. The molecule has 0 aliphatic heterocycles. The highest BCUT2D eigenvalue weighted by Crippen LogP contribution is 2.24. The van der Waals surface area contributed by atoms with Gasteiger partial charge in [0.15, 0.2) is 0 Å². The molecule has 1 aromatic carbocycles. The molecule has 3 nitrogen and oxygen atoms in total. The third-order valence-electron chi connectivity index (χ3n) is 2.65. The van der Waals surface area contributed by atoms with E-state index in [2.05, 4.69) is 0 Å². The van der Waals surface area contributed by atoms with Crippen LogP contribution in [0.5, 0.6) is 0 Å². The van der Waals surface area contributed by atoms with Crippen LogP contribution in [0.15, 0.2) is 24.3 Å². The average molecular weight is 297 g/mol. The molecule has 1 rings (SSSR count). The molecule has 0 radical (unpaired) electrons. The molecule has 1 atom stereocenters. The summed E-state index contributed by atoms with van der Waals surface area (Å²) in [6.45, 7) is 6.03. The molecular formula is C14H19NO2S2. The van der Waals surface area contributed by atoms with Crippen LogP contribution >= 0.6 is 24.0 Å². The van der Waals surface area contributed by atoms with Gasteiger partial charge >= 0.3 is 5.97 Å². The maximum absolute atomic E-state index is 11.6. The molecule has 1 aromatic rings. The second-order valence-corrected chi connectivity index (χ2v) is 6.10. The van der Waals surface area contributed by atoms with Crippen LogP contribution in [0.25, 0.3) is 0 Å². The minimum Gasteiger partial charge on any atom is -0.465 e. The maximum atomic E-state index is 11.6. The number of thioether (sulfide) groups is 1. The van der Waals surface area contributed by atoms with Crippen LogP contribution in [0.3, 0.4) is 0 Å². The molecule has 0 aliphatic rings. The zero-order chi connectivity index (χ0) is 14.4. The first kappa shape index (κ1) is 16.0. The molecular weight excluding hydrogens is 278 g/mol. The van der Waals surface area contributed by atoms with E-state index in [9.17, 15) is 4.79 Å². The predicted molar refractivity (Wildman–Crippen MR) is 85.9 cm³/mol. The van der Waals surface area contributed by atoms with Gasteiger partial charge in [0.2, 0.25) is 0 Å². The largest absolute Gasteiger partial charge is 0.465 e. The van der Waals surface area contributed by atoms with Gasteiger partial charge in [0.1, 0.15) is 9.57 Å². The highest BCUT2D eigenvalue weighted by Gasteiger charge is 2.19. The van der Waals surface area contributed by atoms with Crippen LogP contribution in [0.1, 0.15) is 19.4 Å². The van der Waals surface area contributed by atoms with Crippen molar-refractivity contribution in [1.29, 1.82) is 0 Å². The van der Waals surface area contributed by atoms with E-state index >= 15 is 0 Å². The fourth-order valence-electron chi connectivity index (χ4n) is 1.58. The van der Waals surface area contributed by atoms with E-state index in [-0.39, 0.29) is 11.2 Å². The van der Waals surface area contributed by atoms with Crippen molar-refractivity contribution in [2.75, 3.05) is 18.6 Å². The number of esters is 1. The van der Waals surface area contributed by atoms with E-state index in [1.807, 2.05) is 43.1 Å². The summed E-state index contributed by atoms with van der Waals surface area (Å²) in [5, 5.41) is -0.293. The van der Waals surface area contributed by atoms with Gasteiger partial charge in [-0.25, -0.2) is 0 Å². The first-order chi connectivity index (χ1) is 8.97. The summed E-state index contributed by atoms with van der Waals surface area (Å²) >= 11 is 6.72. The van der Waals surface area contributed by atoms with Gasteiger partial charge in [-0.05, 0) is 32.4 Å². The van der Waals surface area contributed by atoms with E-state index in [4.69, 9.17) is 17.0 Å². The van der Waals surface area contributed by atoms with Gasteiger partial charge in [0.25, 0.3) is 0 Å². The Labute approximate surface area is 124 Å². The Hall–Kier alpha value is -1.07. The van der Waals surface area contributed by atoms with E-state index in [0.29, 0.717) is 10.9 Å². The maximum Gasteiger partial charge on any atom is 0.319 e. The molecule has 0 saturated heterocycles. The number of thiocarbonyl (C=S) groups is 1. The molecule has 0 heterocycles. The van der Waals surface area contributed by atoms with Crippen molar-refractivity contribution in [3.8, 4) is 0 Å². The van der Waals surface area contributed by atoms with Gasteiger partial charge in [0, 0.05) is 12.7 Å². The lowest BCUT2D eigenvalue weighted by atomic mass is 10.2. The molecule has 5 heteroatoms. The zero-order valence-electron chi connectivity index (χ0n) is 11.7. The van der Waals surface area contributed by atoms with E-state index < -0.39 is 0 Å². The smallest absolute Gasteiger partial charge is 0.319 e. The number of aryl methyl sites for hydroxylation is 1. The summed E-state index contributed by atoms with van der Waals surface area (Å²) in [4.78, 5) is 13.5. The molecule has 0 spiro atoms. The fourth-order valence-corrected chi connectivity index (χ4v) is 2.83. The quantitative estimate of drug-likeness (QED) is 0.628. The van der Waals surface area contributed by atoms with E-state index in [0.717, 1.165) is 11.3 Å². The van der Waals surface area contributed by atoms with Crippen molar-refractivity contribution >= 4 is 40.0 Å². The molecule has 0 saturated carbocycles. The fraction of sp³-hybridized carbons (Fsp3) is 0.429. The molecule has 0 amide bonds. The molecule has 0 aliphatic carbocycles. The number of para-hydroxylation sites is 1. The summed E-state index contributed by atoms with van der Waals surface area (Å²) in [7, 11) is 1.91. The van der Waals surface area contributed by atoms with Crippen molar-refractivity contribution in [2.24, 2.45) is 0 Å². The number of nitrogens with zero attached hydrogens (tertiary/aromatic N) is 1. The monoisotopic (exact) mass is 297 g/mol. The van der Waals surface area contributed by atoms with Gasteiger partial charge < -0.3 is 9.64 Å². The van der Waals surface area contributed by atoms with Gasteiger partial charge in [-0.2, -0.15) is 0 Å². The first-order valence-corrected chi connectivity index (χ1v) is 7.42. The Morgan fingerprint density at radius 1 is 1.47 bits per heavy atom. The Morgan fingerprint density at radius 3 is 2.68 bits per heavy atom. The Morgan fingerprint density at radius 2 is 2.11 bits per heavy atom. The number of benzene rings is 1. The van der Waals surface area contributed by atoms with Crippen LogP contribution in [0.2, 0.25) is 0 Å². The second kappa shape index (κ2) is 7.50. The van der Waals surface area contributed by atoms with Crippen LogP contribution in [0, 0.1) is 6.92 Å². The molecule has 0 N–H and O–H groups in total. The number of carbonyl (C=O) groups is 1. The predicted octanol–water partition coefficient (Wildman–Crippen LogP) is 3.40. The van der Waals surface area contributed by atoms with Crippen molar-refractivity contribution in [1.82, 2.24) is 0 Å². The Balaban J connectivity index is 2.68. The normalized spacial score (nSPS) is 11.8. The molecule has 0 fully saturated rings. The number of hydrogen-bond acceptors (Lipinski definition) is 4. The first-order valence-electron chi connectivity index (χ1n) is 6.14. The summed E-state index contributed by atoms with van der Waals surface area (Å²) in [5.41, 5.74) is 2.20. The molecule has 1 unspecified atom stereocenters. The third kappa shape index (κ3) is 4.51. The lowest BCUT2D eigenvalue weighted by molar-refractivity contribution is -0.142. The van der Waals surface area contributed by atoms with Crippen LogP contribution < -0.4 is 4.90 Å².